The van der Waals surface area contributed by atoms with Gasteiger partial charge in [-0.25, -0.2) is 4.98 Å². The second-order valence-corrected chi connectivity index (χ2v) is 13.8. The van der Waals surface area contributed by atoms with E-state index in [1.807, 2.05) is 84.3 Å². The topological polar surface area (TPSA) is 61.4 Å². The van der Waals surface area contributed by atoms with Crippen LogP contribution in [0.25, 0.3) is 98.3 Å². The maximum absolute atomic E-state index is 5.10. The van der Waals surface area contributed by atoms with Crippen molar-refractivity contribution in [1.82, 2.24) is 29.1 Å². The van der Waals surface area contributed by atoms with Gasteiger partial charge in [0.2, 0.25) is 5.95 Å². The van der Waals surface area contributed by atoms with E-state index in [4.69, 9.17) is 19.9 Å². The Balaban J connectivity index is 1.18. The fourth-order valence-electron chi connectivity index (χ4n) is 7.58. The molecule has 11 aromatic rings. The third kappa shape index (κ3) is 4.22. The lowest BCUT2D eigenvalue weighted by Gasteiger charge is -2.11. The first-order valence-corrected chi connectivity index (χ1v) is 17.7. The Morgan fingerprint density at radius 2 is 1.10 bits per heavy atom. The summed E-state index contributed by atoms with van der Waals surface area (Å²) in [5.74, 6) is 1.84. The molecular weight excluding hydrogens is 645 g/mol. The van der Waals surface area contributed by atoms with Gasteiger partial charge in [0.25, 0.3) is 0 Å². The zero-order chi connectivity index (χ0) is 33.5. The number of para-hydroxylation sites is 1. The summed E-state index contributed by atoms with van der Waals surface area (Å²) in [4.78, 5) is 20.1. The minimum atomic E-state index is 0.579. The first-order valence-electron chi connectivity index (χ1n) is 16.9. The van der Waals surface area contributed by atoms with E-state index in [1.54, 1.807) is 0 Å². The number of thiophene rings is 1. The summed E-state index contributed by atoms with van der Waals surface area (Å²) in [7, 11) is 0. The maximum atomic E-state index is 5.10. The predicted molar refractivity (Wildman–Crippen MR) is 210 cm³/mol. The van der Waals surface area contributed by atoms with Crippen molar-refractivity contribution in [2.45, 2.75) is 0 Å². The molecule has 0 aliphatic carbocycles. The van der Waals surface area contributed by atoms with Crippen LogP contribution < -0.4 is 0 Å². The van der Waals surface area contributed by atoms with Gasteiger partial charge < -0.3 is 4.57 Å². The Kier molecular flexibility index (Phi) is 6.02. The summed E-state index contributed by atoms with van der Waals surface area (Å²) in [5.41, 5.74) is 8.24. The number of hydrogen-bond acceptors (Lipinski definition) is 5. The third-order valence-corrected chi connectivity index (χ3v) is 11.0. The number of aromatic nitrogens is 6. The summed E-state index contributed by atoms with van der Waals surface area (Å²) in [6, 6.07) is 52.8. The monoisotopic (exact) mass is 670 g/mol. The van der Waals surface area contributed by atoms with Crippen LogP contribution >= 0.6 is 11.3 Å². The molecule has 238 valence electrons. The van der Waals surface area contributed by atoms with Gasteiger partial charge in [-0.15, -0.1) is 11.3 Å². The Bertz CT molecular complexity index is 3080. The molecule has 0 N–H and O–H groups in total. The maximum Gasteiger partial charge on any atom is 0.238 e. The van der Waals surface area contributed by atoms with Crippen molar-refractivity contribution in [1.29, 1.82) is 0 Å². The molecule has 0 aliphatic rings. The van der Waals surface area contributed by atoms with Gasteiger partial charge in [-0.05, 0) is 48.5 Å². The van der Waals surface area contributed by atoms with E-state index in [-0.39, 0.29) is 0 Å². The van der Waals surface area contributed by atoms with Crippen molar-refractivity contribution < 1.29 is 0 Å². The van der Waals surface area contributed by atoms with Crippen LogP contribution in [0.2, 0.25) is 0 Å². The molecule has 11 rings (SSSR count). The van der Waals surface area contributed by atoms with Crippen molar-refractivity contribution in [3.63, 3.8) is 0 Å². The second-order valence-electron chi connectivity index (χ2n) is 12.7. The van der Waals surface area contributed by atoms with Crippen LogP contribution in [0.15, 0.2) is 158 Å². The molecule has 5 heterocycles. The fraction of sp³-hybridized carbons (Fsp3) is 0. The molecule has 5 aromatic heterocycles. The molecule has 6 nitrogen and oxygen atoms in total. The Labute approximate surface area is 295 Å². The average Bonchev–Trinajstić information content (AvgIpc) is 3.86. The molecule has 0 amide bonds. The third-order valence-electron chi connectivity index (χ3n) is 9.83. The molecule has 0 saturated heterocycles. The summed E-state index contributed by atoms with van der Waals surface area (Å²) < 4.78 is 7.09. The molecule has 0 fully saturated rings. The quantitative estimate of drug-likeness (QED) is 0.187. The smallest absolute Gasteiger partial charge is 0.238 e. The van der Waals surface area contributed by atoms with Crippen LogP contribution in [0.4, 0.5) is 0 Å². The van der Waals surface area contributed by atoms with Crippen molar-refractivity contribution in [3.8, 4) is 34.4 Å². The lowest BCUT2D eigenvalue weighted by atomic mass is 10.1. The summed E-state index contributed by atoms with van der Waals surface area (Å²) >= 11 is 1.84. The van der Waals surface area contributed by atoms with Crippen molar-refractivity contribution >= 4 is 75.3 Å². The highest BCUT2D eigenvalue weighted by atomic mass is 32.1. The van der Waals surface area contributed by atoms with Gasteiger partial charge in [-0.1, -0.05) is 103 Å². The van der Waals surface area contributed by atoms with Gasteiger partial charge in [0.1, 0.15) is 0 Å². The normalized spacial score (nSPS) is 11.9. The Hall–Kier alpha value is -6.70. The van der Waals surface area contributed by atoms with Crippen molar-refractivity contribution in [2.24, 2.45) is 0 Å². The van der Waals surface area contributed by atoms with E-state index in [9.17, 15) is 0 Å². The van der Waals surface area contributed by atoms with Crippen LogP contribution in [-0.2, 0) is 0 Å². The highest BCUT2D eigenvalue weighted by Gasteiger charge is 2.21. The number of pyridine rings is 1. The van der Waals surface area contributed by atoms with Crippen LogP contribution in [0.3, 0.4) is 0 Å². The molecule has 51 heavy (non-hydrogen) atoms. The molecule has 0 unspecified atom stereocenters. The molecule has 0 spiro atoms. The molecule has 6 aromatic carbocycles. The standard InChI is InChI=1S/C44H26N6S/c1-3-12-27(13-4-1)42-46-43(28-14-5-2-6-15-28)48-44(47-42)50-34-18-9-7-16-30(34)33-26-29(21-23-35(33)50)49-36-24-22-32-31-17-8-10-20-38(31)51-41(32)39(36)40-37(49)19-11-25-45-40/h1-26H. The predicted octanol–water partition coefficient (Wildman–Crippen LogP) is 11.2. The highest BCUT2D eigenvalue weighted by molar-refractivity contribution is 7.26. The minimum absolute atomic E-state index is 0.579. The molecule has 7 heteroatoms. The van der Waals surface area contributed by atoms with E-state index >= 15 is 0 Å². The van der Waals surface area contributed by atoms with Crippen molar-refractivity contribution in [2.75, 3.05) is 0 Å². The van der Waals surface area contributed by atoms with E-state index in [0.29, 0.717) is 17.6 Å². The number of hydrogen-bond donors (Lipinski definition) is 0. The SMILES string of the molecule is c1ccc(-c2nc(-c3ccccc3)nc(-n3c4ccccc4c4cc(-n5c6cccnc6c6c7sc8ccccc8c7ccc65)ccc43)n2)cc1. The number of benzene rings is 6. The fourth-order valence-corrected chi connectivity index (χ4v) is 8.83. The van der Waals surface area contributed by atoms with Crippen LogP contribution in [0.5, 0.6) is 0 Å². The molecule has 0 saturated carbocycles. The first-order chi connectivity index (χ1) is 25.3. The lowest BCUT2D eigenvalue weighted by molar-refractivity contribution is 0.953. The molecule has 0 radical (unpaired) electrons. The van der Waals surface area contributed by atoms with Crippen LogP contribution in [0, 0.1) is 0 Å². The van der Waals surface area contributed by atoms with Crippen LogP contribution in [0.1, 0.15) is 0 Å². The summed E-state index contributed by atoms with van der Waals surface area (Å²) in [6.45, 7) is 0. The number of fused-ring (bicyclic) bond motifs is 10. The minimum Gasteiger partial charge on any atom is -0.308 e. The molecular formula is C44H26N6S. The van der Waals surface area contributed by atoms with Crippen molar-refractivity contribution in [3.05, 3.63) is 158 Å². The Morgan fingerprint density at radius 1 is 0.451 bits per heavy atom. The molecule has 0 aliphatic heterocycles. The summed E-state index contributed by atoms with van der Waals surface area (Å²) in [5, 5.41) is 6.00. The van der Waals surface area contributed by atoms with E-state index < -0.39 is 0 Å². The number of nitrogens with zero attached hydrogens (tertiary/aromatic N) is 6. The van der Waals surface area contributed by atoms with E-state index in [2.05, 4.69) is 94.1 Å². The zero-order valence-electron chi connectivity index (χ0n) is 27.1. The largest absolute Gasteiger partial charge is 0.308 e. The van der Waals surface area contributed by atoms with E-state index in [1.165, 1.54) is 25.6 Å². The molecule has 0 bridgehead atoms. The highest BCUT2D eigenvalue weighted by Crippen LogP contribution is 2.43. The zero-order valence-corrected chi connectivity index (χ0v) is 27.9. The van der Waals surface area contributed by atoms with Crippen LogP contribution in [-0.4, -0.2) is 29.1 Å². The van der Waals surface area contributed by atoms with Gasteiger partial charge in [-0.3, -0.25) is 9.55 Å². The van der Waals surface area contributed by atoms with E-state index in [0.717, 1.165) is 55.2 Å². The average molecular weight is 671 g/mol. The number of rotatable bonds is 4. The first kappa shape index (κ1) is 28.2. The van der Waals surface area contributed by atoms with Gasteiger partial charge in [0.05, 0.1) is 27.6 Å². The summed E-state index contributed by atoms with van der Waals surface area (Å²) in [6.07, 6.45) is 1.90. The van der Waals surface area contributed by atoms with Gasteiger partial charge in [0, 0.05) is 59.3 Å². The second kappa shape index (κ2) is 10.9. The van der Waals surface area contributed by atoms with Gasteiger partial charge in [-0.2, -0.15) is 9.97 Å². The lowest BCUT2D eigenvalue weighted by Crippen LogP contribution is -2.06. The van der Waals surface area contributed by atoms with Gasteiger partial charge >= 0.3 is 0 Å². The van der Waals surface area contributed by atoms with Gasteiger partial charge in [0.15, 0.2) is 11.6 Å². The molecule has 0 atom stereocenters. The Morgan fingerprint density at radius 3 is 1.88 bits per heavy atom.